The van der Waals surface area contributed by atoms with Crippen LogP contribution < -0.4 is 43.0 Å². The number of rotatable bonds is 25. The van der Waals surface area contributed by atoms with Crippen molar-refractivity contribution in [1.29, 1.82) is 0 Å². The van der Waals surface area contributed by atoms with Crippen molar-refractivity contribution in [3.8, 4) is 17.2 Å². The monoisotopic (exact) mass is 936 g/mol. The first-order valence-corrected chi connectivity index (χ1v) is 22.5. The lowest BCUT2D eigenvalue weighted by atomic mass is 10.00. The fraction of sp³-hybridized carbons (Fsp3) is 0.422. The number of carboxylic acid groups (broad SMARTS) is 1. The molecule has 0 saturated carbocycles. The van der Waals surface area contributed by atoms with E-state index in [0.717, 1.165) is 0 Å². The molecule has 7 amide bonds. The SMILES string of the molecule is CSCC[C@@H](NC(=O)[C@H](N)Cc1ccc(O)cc1)C(=O)N[C@H](Cc1ccc(O)cc1)C(=O)N[C@H](C)C(=O)N[C@H](Cc1ccc(O)cc1)C(=O)N[C@@H](C(=O)N[C@H](C)C(=O)NCC(=O)O)C(C)C. The number of carbonyl (C=O) groups excluding carboxylic acids is 7. The molecule has 0 heterocycles. The topological polar surface area (TPSA) is 328 Å². The number of nitrogens with two attached hydrogens (primary N) is 1. The number of benzene rings is 3. The van der Waals surface area contributed by atoms with Gasteiger partial charge < -0.3 is 63.4 Å². The van der Waals surface area contributed by atoms with E-state index in [4.69, 9.17) is 10.8 Å². The Kier molecular flexibility index (Phi) is 21.2. The van der Waals surface area contributed by atoms with Gasteiger partial charge in [-0.05, 0) is 97.7 Å². The smallest absolute Gasteiger partial charge is 0.322 e. The summed E-state index contributed by atoms with van der Waals surface area (Å²) in [5.74, 6) is -6.77. The highest BCUT2D eigenvalue weighted by molar-refractivity contribution is 7.98. The summed E-state index contributed by atoms with van der Waals surface area (Å²) in [5.41, 5.74) is 7.89. The number of hydrogen-bond acceptors (Lipinski definition) is 13. The molecule has 21 heteroatoms. The van der Waals surface area contributed by atoms with Crippen molar-refractivity contribution in [2.45, 2.75) is 95.7 Å². The van der Waals surface area contributed by atoms with Gasteiger partial charge in [-0.15, -0.1) is 0 Å². The molecule has 7 atom stereocenters. The molecule has 0 saturated heterocycles. The molecule has 0 bridgehead atoms. The van der Waals surface area contributed by atoms with Gasteiger partial charge in [-0.25, -0.2) is 0 Å². The quantitative estimate of drug-likeness (QED) is 0.0520. The van der Waals surface area contributed by atoms with E-state index < -0.39 is 102 Å². The lowest BCUT2D eigenvalue weighted by Gasteiger charge is -2.28. The molecule has 0 unspecified atom stereocenters. The minimum absolute atomic E-state index is 0.0428. The molecule has 0 aromatic heterocycles. The van der Waals surface area contributed by atoms with E-state index in [2.05, 4.69) is 37.2 Å². The first kappa shape index (κ1) is 53.5. The van der Waals surface area contributed by atoms with Gasteiger partial charge in [0.2, 0.25) is 41.4 Å². The Bertz CT molecular complexity index is 2140. The highest BCUT2D eigenvalue weighted by Crippen LogP contribution is 2.15. The molecular formula is C45H60N8O12S. The summed E-state index contributed by atoms with van der Waals surface area (Å²) in [6.07, 6.45) is 1.84. The highest BCUT2D eigenvalue weighted by Gasteiger charge is 2.33. The zero-order valence-corrected chi connectivity index (χ0v) is 38.1. The van der Waals surface area contributed by atoms with Crippen molar-refractivity contribution in [1.82, 2.24) is 37.2 Å². The zero-order chi connectivity index (χ0) is 49.1. The highest BCUT2D eigenvalue weighted by atomic mass is 32.2. The molecule has 3 aromatic rings. The number of carbonyl (C=O) groups is 8. The fourth-order valence-corrected chi connectivity index (χ4v) is 6.81. The van der Waals surface area contributed by atoms with E-state index in [1.54, 1.807) is 38.1 Å². The average molecular weight is 937 g/mol. The summed E-state index contributed by atoms with van der Waals surface area (Å²) >= 11 is 1.42. The van der Waals surface area contributed by atoms with Crippen LogP contribution in [0.3, 0.4) is 0 Å². The predicted octanol–water partition coefficient (Wildman–Crippen LogP) is -0.283. The van der Waals surface area contributed by atoms with Gasteiger partial charge in [0.25, 0.3) is 0 Å². The lowest BCUT2D eigenvalue weighted by Crippen LogP contribution is -2.60. The van der Waals surface area contributed by atoms with Crippen LogP contribution in [0.1, 0.15) is 50.8 Å². The molecule has 66 heavy (non-hydrogen) atoms. The largest absolute Gasteiger partial charge is 0.508 e. The maximum absolute atomic E-state index is 14.0. The van der Waals surface area contributed by atoms with Crippen LogP contribution in [0.15, 0.2) is 72.8 Å². The Labute approximate surface area is 386 Å². The van der Waals surface area contributed by atoms with Crippen molar-refractivity contribution in [2.24, 2.45) is 11.7 Å². The molecule has 0 aliphatic carbocycles. The van der Waals surface area contributed by atoms with Crippen LogP contribution >= 0.6 is 11.8 Å². The predicted molar refractivity (Wildman–Crippen MR) is 245 cm³/mol. The number of hydrogen-bond donors (Lipinski definition) is 12. The first-order chi connectivity index (χ1) is 31.2. The Morgan fingerprint density at radius 3 is 1.36 bits per heavy atom. The Hall–Kier alpha value is -6.87. The molecule has 0 aliphatic heterocycles. The van der Waals surface area contributed by atoms with Gasteiger partial charge in [-0.2, -0.15) is 11.8 Å². The van der Waals surface area contributed by atoms with Gasteiger partial charge >= 0.3 is 5.97 Å². The van der Waals surface area contributed by atoms with Crippen molar-refractivity contribution < 1.29 is 58.8 Å². The summed E-state index contributed by atoms with van der Waals surface area (Å²) < 4.78 is 0. The van der Waals surface area contributed by atoms with Crippen LogP contribution in [0, 0.1) is 5.92 Å². The van der Waals surface area contributed by atoms with Gasteiger partial charge in [-0.1, -0.05) is 50.2 Å². The molecule has 0 aliphatic rings. The molecule has 0 radical (unpaired) electrons. The first-order valence-electron chi connectivity index (χ1n) is 21.1. The van der Waals surface area contributed by atoms with Crippen LogP contribution in [-0.2, 0) is 57.6 Å². The zero-order valence-electron chi connectivity index (χ0n) is 37.3. The second-order valence-corrected chi connectivity index (χ2v) is 17.0. The summed E-state index contributed by atoms with van der Waals surface area (Å²) in [6.45, 7) is 5.27. The summed E-state index contributed by atoms with van der Waals surface area (Å²) in [7, 11) is 0. The Balaban J connectivity index is 1.82. The maximum Gasteiger partial charge on any atom is 0.322 e. The molecule has 358 valence electrons. The molecule has 0 fully saturated rings. The van der Waals surface area contributed by atoms with Crippen molar-refractivity contribution >= 4 is 59.1 Å². The molecule has 13 N–H and O–H groups in total. The number of amides is 7. The third kappa shape index (κ3) is 18.0. The van der Waals surface area contributed by atoms with E-state index >= 15 is 0 Å². The average Bonchev–Trinajstić information content (AvgIpc) is 3.27. The van der Waals surface area contributed by atoms with Crippen molar-refractivity contribution in [2.75, 3.05) is 18.6 Å². The standard InChI is InChI=1S/C45H60N8O12S/c1-24(2)38(45(65)49-25(3)39(59)47-23-37(57)58)53-44(64)36(22-29-10-16-32(56)17-11-29)51-40(60)26(4)48-43(63)35(21-28-8-14-31(55)15-9-28)52-42(62)34(18-19-66-5)50-41(61)33(46)20-27-6-12-30(54)13-7-27/h6-17,24-26,33-36,38,54-56H,18-23,46H2,1-5H3,(H,47,59)(H,48,63)(H,49,65)(H,50,61)(H,51,60)(H,52,62)(H,53,64)(H,57,58)/t25-,26-,33-,34-,35-,36-,38-/m1/s1. The van der Waals surface area contributed by atoms with Crippen LogP contribution in [0.5, 0.6) is 17.2 Å². The van der Waals surface area contributed by atoms with Gasteiger partial charge in [0.15, 0.2) is 0 Å². The third-order valence-electron chi connectivity index (χ3n) is 10.2. The Morgan fingerprint density at radius 2 is 0.909 bits per heavy atom. The number of phenolic OH excluding ortho intramolecular Hbond substituents is 3. The van der Waals surface area contributed by atoms with Crippen molar-refractivity contribution in [3.63, 3.8) is 0 Å². The molecule has 3 aromatic carbocycles. The van der Waals surface area contributed by atoms with Gasteiger partial charge in [0.05, 0.1) is 6.04 Å². The summed E-state index contributed by atoms with van der Waals surface area (Å²) in [4.78, 5) is 105. The second-order valence-electron chi connectivity index (χ2n) is 16.0. The maximum atomic E-state index is 14.0. The Morgan fingerprint density at radius 1 is 0.515 bits per heavy atom. The molecule has 3 rings (SSSR count). The number of carboxylic acids is 1. The van der Waals surface area contributed by atoms with E-state index in [1.807, 2.05) is 6.26 Å². The summed E-state index contributed by atoms with van der Waals surface area (Å²) in [6, 6.07) is 9.21. The minimum atomic E-state index is -1.36. The number of aromatic hydroxyl groups is 3. The van der Waals surface area contributed by atoms with E-state index in [-0.39, 0.29) is 42.9 Å². The van der Waals surface area contributed by atoms with Crippen LogP contribution in [0.4, 0.5) is 0 Å². The summed E-state index contributed by atoms with van der Waals surface area (Å²) in [5, 5.41) is 56.0. The van der Waals surface area contributed by atoms with Crippen LogP contribution in [0.2, 0.25) is 0 Å². The van der Waals surface area contributed by atoms with Crippen LogP contribution in [-0.4, -0.2) is 129 Å². The number of aliphatic carboxylic acids is 1. The third-order valence-corrected chi connectivity index (χ3v) is 10.8. The van der Waals surface area contributed by atoms with E-state index in [0.29, 0.717) is 22.4 Å². The number of thioether (sulfide) groups is 1. The van der Waals surface area contributed by atoms with Gasteiger partial charge in [0.1, 0.15) is 60.0 Å². The normalized spacial score (nSPS) is 14.2. The fourth-order valence-electron chi connectivity index (χ4n) is 6.34. The molecule has 20 nitrogen and oxygen atoms in total. The van der Waals surface area contributed by atoms with Crippen LogP contribution in [0.25, 0.3) is 0 Å². The lowest BCUT2D eigenvalue weighted by molar-refractivity contribution is -0.138. The number of phenols is 3. The minimum Gasteiger partial charge on any atom is -0.508 e. The van der Waals surface area contributed by atoms with E-state index in [1.165, 1.54) is 74.1 Å². The van der Waals surface area contributed by atoms with Crippen molar-refractivity contribution in [3.05, 3.63) is 89.5 Å². The number of nitrogens with one attached hydrogen (secondary N) is 7. The molecular weight excluding hydrogens is 877 g/mol. The van der Waals surface area contributed by atoms with Gasteiger partial charge in [0, 0.05) is 12.8 Å². The van der Waals surface area contributed by atoms with E-state index in [9.17, 15) is 53.7 Å². The second kappa shape index (κ2) is 26.2. The molecule has 0 spiro atoms. The van der Waals surface area contributed by atoms with Gasteiger partial charge in [-0.3, -0.25) is 38.4 Å².